The molecule has 0 amide bonds. The largest absolute Gasteiger partial charge is 0.493 e. The molecule has 0 saturated heterocycles. The molecule has 3 nitrogen and oxygen atoms in total. The topological polar surface area (TPSA) is 27.1 Å². The molecule has 0 saturated carbocycles. The van der Waals surface area contributed by atoms with Gasteiger partial charge in [-0.3, -0.25) is 0 Å². The van der Waals surface area contributed by atoms with Gasteiger partial charge in [0.2, 0.25) is 0 Å². The molecule has 0 fully saturated rings. The maximum Gasteiger partial charge on any atom is 0.141 e. The first-order valence-electron chi connectivity index (χ1n) is 9.79. The van der Waals surface area contributed by atoms with Gasteiger partial charge in [-0.1, -0.05) is 64.5 Å². The molecule has 0 spiro atoms. The summed E-state index contributed by atoms with van der Waals surface area (Å²) in [6, 6.07) is 24.7. The lowest BCUT2D eigenvalue weighted by molar-refractivity contribution is 0.300. The molecule has 3 aromatic carbocycles. The van der Waals surface area contributed by atoms with Gasteiger partial charge in [0.05, 0.1) is 17.6 Å². The molecule has 4 aromatic rings. The fourth-order valence-electron chi connectivity index (χ4n) is 3.52. The van der Waals surface area contributed by atoms with Gasteiger partial charge in [0.25, 0.3) is 0 Å². The second-order valence-electron chi connectivity index (χ2n) is 6.89. The van der Waals surface area contributed by atoms with E-state index in [1.54, 1.807) is 0 Å². The molecule has 4 heteroatoms. The SMILES string of the molecule is C=CCc1ccccc1OCCCn1c(-c2cccc(Br)c2)nc2ccccc21. The Bertz CT molecular complexity index is 1130. The molecular formula is C25H23BrN2O. The Hall–Kier alpha value is -2.85. The fraction of sp³-hybridized carbons (Fsp3) is 0.160. The summed E-state index contributed by atoms with van der Waals surface area (Å²) in [6.07, 6.45) is 3.61. The zero-order valence-corrected chi connectivity index (χ0v) is 17.8. The standard InChI is InChI=1S/C25H23BrN2O/c1-2-9-19-10-3-6-15-24(19)29-17-8-16-28-23-14-5-4-13-22(23)27-25(28)20-11-7-12-21(26)18-20/h2-7,10-15,18H,1,8-9,16-17H2. The number of fused-ring (bicyclic) bond motifs is 1. The van der Waals surface area contributed by atoms with Crippen LogP contribution in [0.15, 0.2) is 89.9 Å². The van der Waals surface area contributed by atoms with Crippen LogP contribution in [-0.4, -0.2) is 16.2 Å². The van der Waals surface area contributed by atoms with Crippen molar-refractivity contribution in [3.63, 3.8) is 0 Å². The van der Waals surface area contributed by atoms with Crippen molar-refractivity contribution in [2.75, 3.05) is 6.61 Å². The molecule has 0 bridgehead atoms. The van der Waals surface area contributed by atoms with E-state index in [4.69, 9.17) is 9.72 Å². The highest BCUT2D eigenvalue weighted by molar-refractivity contribution is 9.10. The Balaban J connectivity index is 1.54. The van der Waals surface area contributed by atoms with Gasteiger partial charge in [0.15, 0.2) is 0 Å². The van der Waals surface area contributed by atoms with E-state index in [-0.39, 0.29) is 0 Å². The number of ether oxygens (including phenoxy) is 1. The minimum Gasteiger partial charge on any atom is -0.493 e. The average molecular weight is 447 g/mol. The Morgan fingerprint density at radius 3 is 2.69 bits per heavy atom. The van der Waals surface area contributed by atoms with Crippen molar-refractivity contribution >= 4 is 27.0 Å². The van der Waals surface area contributed by atoms with Crippen molar-refractivity contribution in [2.45, 2.75) is 19.4 Å². The third kappa shape index (κ3) is 4.43. The molecule has 0 aliphatic heterocycles. The first kappa shape index (κ1) is 19.5. The van der Waals surface area contributed by atoms with Crippen molar-refractivity contribution in [3.8, 4) is 17.1 Å². The fourth-order valence-corrected chi connectivity index (χ4v) is 3.92. The number of aromatic nitrogens is 2. The van der Waals surface area contributed by atoms with Crippen molar-refractivity contribution < 1.29 is 4.74 Å². The Labute approximate surface area is 179 Å². The van der Waals surface area contributed by atoms with Gasteiger partial charge in [-0.05, 0) is 48.7 Å². The lowest BCUT2D eigenvalue weighted by atomic mass is 10.1. The smallest absolute Gasteiger partial charge is 0.141 e. The molecule has 0 atom stereocenters. The molecule has 0 aliphatic carbocycles. The second kappa shape index (κ2) is 9.10. The first-order chi connectivity index (χ1) is 14.3. The number of imidazole rings is 1. The minimum atomic E-state index is 0.651. The number of rotatable bonds is 8. The zero-order valence-electron chi connectivity index (χ0n) is 16.2. The quantitative estimate of drug-likeness (QED) is 0.223. The normalized spacial score (nSPS) is 10.9. The van der Waals surface area contributed by atoms with Crippen LogP contribution in [0.4, 0.5) is 0 Å². The lowest BCUT2D eigenvalue weighted by Crippen LogP contribution is -2.07. The predicted molar refractivity (Wildman–Crippen MR) is 123 cm³/mol. The maximum absolute atomic E-state index is 6.08. The van der Waals surface area contributed by atoms with Crippen LogP contribution >= 0.6 is 15.9 Å². The van der Waals surface area contributed by atoms with E-state index >= 15 is 0 Å². The number of para-hydroxylation sites is 3. The first-order valence-corrected chi connectivity index (χ1v) is 10.6. The summed E-state index contributed by atoms with van der Waals surface area (Å²) in [5.74, 6) is 1.93. The number of halogens is 1. The molecule has 0 aliphatic rings. The molecular weight excluding hydrogens is 424 g/mol. The van der Waals surface area contributed by atoms with Gasteiger partial charge in [-0.25, -0.2) is 4.98 Å². The van der Waals surface area contributed by atoms with Crippen LogP contribution in [0.5, 0.6) is 5.75 Å². The van der Waals surface area contributed by atoms with Crippen LogP contribution in [-0.2, 0) is 13.0 Å². The molecule has 1 heterocycles. The summed E-state index contributed by atoms with van der Waals surface area (Å²) in [5.41, 5.74) is 4.44. The number of benzene rings is 3. The average Bonchev–Trinajstić information content (AvgIpc) is 3.11. The summed E-state index contributed by atoms with van der Waals surface area (Å²) < 4.78 is 9.42. The van der Waals surface area contributed by atoms with E-state index in [1.807, 2.05) is 42.5 Å². The zero-order chi connectivity index (χ0) is 20.1. The summed E-state index contributed by atoms with van der Waals surface area (Å²) in [6.45, 7) is 5.32. The molecule has 146 valence electrons. The van der Waals surface area contributed by atoms with E-state index in [9.17, 15) is 0 Å². The number of nitrogens with zero attached hydrogens (tertiary/aromatic N) is 2. The predicted octanol–water partition coefficient (Wildman–Crippen LogP) is 6.66. The van der Waals surface area contributed by atoms with Crippen molar-refractivity contribution in [1.82, 2.24) is 9.55 Å². The van der Waals surface area contributed by atoms with Crippen LogP contribution in [0, 0.1) is 0 Å². The highest BCUT2D eigenvalue weighted by Crippen LogP contribution is 2.27. The molecule has 0 unspecified atom stereocenters. The van der Waals surface area contributed by atoms with Gasteiger partial charge in [0.1, 0.15) is 11.6 Å². The van der Waals surface area contributed by atoms with Gasteiger partial charge in [0, 0.05) is 16.6 Å². The van der Waals surface area contributed by atoms with Gasteiger partial charge >= 0.3 is 0 Å². The highest BCUT2D eigenvalue weighted by Gasteiger charge is 2.12. The third-order valence-corrected chi connectivity index (χ3v) is 5.35. The van der Waals surface area contributed by atoms with Gasteiger partial charge in [-0.2, -0.15) is 0 Å². The van der Waals surface area contributed by atoms with Crippen molar-refractivity contribution in [3.05, 3.63) is 95.5 Å². The number of aryl methyl sites for hydroxylation is 1. The minimum absolute atomic E-state index is 0.651. The van der Waals surface area contributed by atoms with E-state index in [2.05, 4.69) is 63.5 Å². The molecule has 0 N–H and O–H groups in total. The van der Waals surface area contributed by atoms with Crippen molar-refractivity contribution in [1.29, 1.82) is 0 Å². The van der Waals surface area contributed by atoms with E-state index in [1.165, 1.54) is 5.56 Å². The Morgan fingerprint density at radius 1 is 1.00 bits per heavy atom. The second-order valence-corrected chi connectivity index (χ2v) is 7.80. The molecule has 4 rings (SSSR count). The highest BCUT2D eigenvalue weighted by atomic mass is 79.9. The van der Waals surface area contributed by atoms with E-state index in [0.717, 1.165) is 52.0 Å². The molecule has 0 radical (unpaired) electrons. The lowest BCUT2D eigenvalue weighted by Gasteiger charge is -2.12. The van der Waals surface area contributed by atoms with Crippen LogP contribution < -0.4 is 4.74 Å². The molecule has 1 aromatic heterocycles. The van der Waals surface area contributed by atoms with Crippen LogP contribution in [0.3, 0.4) is 0 Å². The molecule has 29 heavy (non-hydrogen) atoms. The van der Waals surface area contributed by atoms with Crippen LogP contribution in [0.25, 0.3) is 22.4 Å². The number of allylic oxidation sites excluding steroid dienone is 1. The summed E-state index contributed by atoms with van der Waals surface area (Å²) in [4.78, 5) is 4.89. The summed E-state index contributed by atoms with van der Waals surface area (Å²) in [7, 11) is 0. The van der Waals surface area contributed by atoms with E-state index in [0.29, 0.717) is 6.61 Å². The maximum atomic E-state index is 6.08. The monoisotopic (exact) mass is 446 g/mol. The summed E-state index contributed by atoms with van der Waals surface area (Å²) in [5, 5.41) is 0. The van der Waals surface area contributed by atoms with Gasteiger partial charge in [-0.15, -0.1) is 6.58 Å². The van der Waals surface area contributed by atoms with E-state index < -0.39 is 0 Å². The summed E-state index contributed by atoms with van der Waals surface area (Å²) >= 11 is 3.57. The van der Waals surface area contributed by atoms with Crippen LogP contribution in [0.2, 0.25) is 0 Å². The Kier molecular flexibility index (Phi) is 6.11. The van der Waals surface area contributed by atoms with Crippen molar-refractivity contribution in [2.24, 2.45) is 0 Å². The van der Waals surface area contributed by atoms with Crippen LogP contribution in [0.1, 0.15) is 12.0 Å². The van der Waals surface area contributed by atoms with Gasteiger partial charge < -0.3 is 9.30 Å². The third-order valence-electron chi connectivity index (χ3n) is 4.86. The Morgan fingerprint density at radius 2 is 1.83 bits per heavy atom. The number of hydrogen-bond acceptors (Lipinski definition) is 2. The number of hydrogen-bond donors (Lipinski definition) is 0.